The number of amides is 2. The first-order valence-electron chi connectivity index (χ1n) is 8.35. The third-order valence-corrected chi connectivity index (χ3v) is 3.67. The minimum absolute atomic E-state index is 0.0460. The summed E-state index contributed by atoms with van der Waals surface area (Å²) in [4.78, 5) is 26.4. The fourth-order valence-corrected chi connectivity index (χ4v) is 2.43. The van der Waals surface area contributed by atoms with Gasteiger partial charge in [0, 0.05) is 19.5 Å². The van der Waals surface area contributed by atoms with E-state index in [2.05, 4.69) is 5.32 Å². The molecule has 0 heterocycles. The van der Waals surface area contributed by atoms with Gasteiger partial charge in [-0.05, 0) is 37.0 Å². The van der Waals surface area contributed by atoms with E-state index in [1.807, 2.05) is 20.8 Å². The van der Waals surface area contributed by atoms with Gasteiger partial charge in [0.2, 0.25) is 11.8 Å². The van der Waals surface area contributed by atoms with Crippen molar-refractivity contribution in [3.63, 3.8) is 0 Å². The molecule has 1 rings (SSSR count). The normalized spacial score (nSPS) is 11.8. The van der Waals surface area contributed by atoms with Crippen LogP contribution in [-0.4, -0.2) is 29.3 Å². The van der Waals surface area contributed by atoms with Gasteiger partial charge in [0.25, 0.3) is 0 Å². The van der Waals surface area contributed by atoms with Gasteiger partial charge < -0.3 is 10.2 Å². The predicted octanol–water partition coefficient (Wildman–Crippen LogP) is 3.26. The molecule has 0 aliphatic heterocycles. The number of hydrogen-bond donors (Lipinski definition) is 1. The maximum absolute atomic E-state index is 13.1. The van der Waals surface area contributed by atoms with E-state index in [0.717, 1.165) is 18.4 Å². The number of hydrogen-bond acceptors (Lipinski definition) is 2. The Morgan fingerprint density at radius 3 is 2.30 bits per heavy atom. The summed E-state index contributed by atoms with van der Waals surface area (Å²) in [6.07, 6.45) is 2.53. The average Bonchev–Trinajstić information content (AvgIpc) is 2.54. The second-order valence-electron chi connectivity index (χ2n) is 5.61. The molecule has 0 aromatic heterocycles. The molecular formula is C18H27FN2O2. The molecule has 1 N–H and O–H groups in total. The Hall–Kier alpha value is -1.91. The van der Waals surface area contributed by atoms with E-state index < -0.39 is 6.04 Å². The Kier molecular flexibility index (Phi) is 8.30. The molecule has 1 aromatic rings. The summed E-state index contributed by atoms with van der Waals surface area (Å²) in [5.41, 5.74) is 0.817. The quantitative estimate of drug-likeness (QED) is 0.758. The van der Waals surface area contributed by atoms with Gasteiger partial charge in [0.05, 0.1) is 0 Å². The zero-order valence-corrected chi connectivity index (χ0v) is 14.3. The van der Waals surface area contributed by atoms with Crippen molar-refractivity contribution < 1.29 is 14.0 Å². The first kappa shape index (κ1) is 19.1. The Morgan fingerprint density at radius 1 is 1.13 bits per heavy atom. The lowest BCUT2D eigenvalue weighted by Gasteiger charge is -2.30. The molecule has 0 fully saturated rings. The lowest BCUT2D eigenvalue weighted by molar-refractivity contribution is -0.141. The van der Waals surface area contributed by atoms with E-state index in [4.69, 9.17) is 0 Å². The van der Waals surface area contributed by atoms with Crippen molar-refractivity contribution >= 4 is 11.8 Å². The standard InChI is InChI=1S/C18H27FN2O2/c1-4-7-17(22)21(13-14-8-10-15(19)11-9-14)16(6-3)18(23)20-12-5-2/h8-11,16H,4-7,12-13H2,1-3H3,(H,20,23)/t16-/m0/s1. The van der Waals surface area contributed by atoms with Crippen LogP contribution in [0.15, 0.2) is 24.3 Å². The second kappa shape index (κ2) is 9.98. The number of nitrogens with zero attached hydrogens (tertiary/aromatic N) is 1. The van der Waals surface area contributed by atoms with Crippen molar-refractivity contribution in [3.8, 4) is 0 Å². The molecule has 0 unspecified atom stereocenters. The highest BCUT2D eigenvalue weighted by Gasteiger charge is 2.27. The van der Waals surface area contributed by atoms with Crippen LogP contribution in [0.4, 0.5) is 4.39 Å². The minimum atomic E-state index is -0.495. The zero-order chi connectivity index (χ0) is 17.2. The van der Waals surface area contributed by atoms with Gasteiger partial charge in [-0.3, -0.25) is 9.59 Å². The molecule has 0 saturated carbocycles. The minimum Gasteiger partial charge on any atom is -0.354 e. The van der Waals surface area contributed by atoms with Crippen LogP contribution in [0, 0.1) is 5.82 Å². The molecule has 2 amide bonds. The highest BCUT2D eigenvalue weighted by atomic mass is 19.1. The Labute approximate surface area is 138 Å². The maximum Gasteiger partial charge on any atom is 0.242 e. The summed E-state index contributed by atoms with van der Waals surface area (Å²) >= 11 is 0. The SMILES string of the molecule is CCCNC(=O)[C@H](CC)N(Cc1ccc(F)cc1)C(=O)CCC. The smallest absolute Gasteiger partial charge is 0.242 e. The molecule has 4 nitrogen and oxygen atoms in total. The monoisotopic (exact) mass is 322 g/mol. The molecule has 0 spiro atoms. The number of carbonyl (C=O) groups is 2. The third-order valence-electron chi connectivity index (χ3n) is 3.67. The van der Waals surface area contributed by atoms with Gasteiger partial charge in [0.15, 0.2) is 0 Å². The van der Waals surface area contributed by atoms with Crippen molar-refractivity contribution in [1.82, 2.24) is 10.2 Å². The molecule has 0 bridgehead atoms. The number of benzene rings is 1. The van der Waals surface area contributed by atoms with Crippen LogP contribution in [0.1, 0.15) is 52.0 Å². The van der Waals surface area contributed by atoms with E-state index in [1.165, 1.54) is 12.1 Å². The lowest BCUT2D eigenvalue weighted by atomic mass is 10.1. The van der Waals surface area contributed by atoms with Crippen LogP contribution in [0.5, 0.6) is 0 Å². The molecule has 5 heteroatoms. The molecule has 0 aliphatic carbocycles. The van der Waals surface area contributed by atoms with Gasteiger partial charge in [-0.2, -0.15) is 0 Å². The third kappa shape index (κ3) is 6.00. The average molecular weight is 322 g/mol. The van der Waals surface area contributed by atoms with Crippen molar-refractivity contribution in [3.05, 3.63) is 35.6 Å². The van der Waals surface area contributed by atoms with Crippen LogP contribution < -0.4 is 5.32 Å². The molecule has 128 valence electrons. The first-order valence-corrected chi connectivity index (χ1v) is 8.35. The van der Waals surface area contributed by atoms with E-state index in [9.17, 15) is 14.0 Å². The fraction of sp³-hybridized carbons (Fsp3) is 0.556. The Bertz CT molecular complexity index is 502. The number of halogens is 1. The summed E-state index contributed by atoms with van der Waals surface area (Å²) < 4.78 is 13.1. The van der Waals surface area contributed by atoms with Crippen molar-refractivity contribution in [2.75, 3.05) is 6.54 Å². The number of nitrogens with one attached hydrogen (secondary N) is 1. The van der Waals surface area contributed by atoms with E-state index in [1.54, 1.807) is 17.0 Å². The Balaban J connectivity index is 2.94. The van der Waals surface area contributed by atoms with Crippen LogP contribution in [-0.2, 0) is 16.1 Å². The highest BCUT2D eigenvalue weighted by molar-refractivity contribution is 5.87. The number of carbonyl (C=O) groups excluding carboxylic acids is 2. The fourth-order valence-electron chi connectivity index (χ4n) is 2.43. The van der Waals surface area contributed by atoms with Gasteiger partial charge in [-0.25, -0.2) is 4.39 Å². The van der Waals surface area contributed by atoms with E-state index in [0.29, 0.717) is 25.9 Å². The second-order valence-corrected chi connectivity index (χ2v) is 5.61. The van der Waals surface area contributed by atoms with E-state index in [-0.39, 0.29) is 17.6 Å². The molecule has 0 radical (unpaired) electrons. The summed E-state index contributed by atoms with van der Waals surface area (Å²) in [6.45, 7) is 6.73. The molecule has 0 aliphatic rings. The topological polar surface area (TPSA) is 49.4 Å². The van der Waals surface area contributed by atoms with Crippen molar-refractivity contribution in [2.24, 2.45) is 0 Å². The van der Waals surface area contributed by atoms with Gasteiger partial charge in [-0.1, -0.05) is 32.9 Å². The molecule has 23 heavy (non-hydrogen) atoms. The van der Waals surface area contributed by atoms with Crippen molar-refractivity contribution in [2.45, 2.75) is 59.0 Å². The Morgan fingerprint density at radius 2 is 1.78 bits per heavy atom. The highest BCUT2D eigenvalue weighted by Crippen LogP contribution is 2.14. The number of rotatable bonds is 9. The van der Waals surface area contributed by atoms with Crippen LogP contribution in [0.3, 0.4) is 0 Å². The summed E-state index contributed by atoms with van der Waals surface area (Å²) in [6, 6.07) is 5.55. The van der Waals surface area contributed by atoms with E-state index >= 15 is 0 Å². The molecule has 0 saturated heterocycles. The summed E-state index contributed by atoms with van der Waals surface area (Å²) in [5.74, 6) is -0.482. The summed E-state index contributed by atoms with van der Waals surface area (Å²) in [5, 5.41) is 2.86. The predicted molar refractivity (Wildman–Crippen MR) is 89.2 cm³/mol. The van der Waals surface area contributed by atoms with Gasteiger partial charge >= 0.3 is 0 Å². The molecular weight excluding hydrogens is 295 g/mol. The lowest BCUT2D eigenvalue weighted by Crippen LogP contribution is -2.49. The largest absolute Gasteiger partial charge is 0.354 e. The molecule has 1 atom stereocenters. The van der Waals surface area contributed by atoms with Crippen LogP contribution in [0.25, 0.3) is 0 Å². The van der Waals surface area contributed by atoms with Crippen LogP contribution in [0.2, 0.25) is 0 Å². The van der Waals surface area contributed by atoms with Crippen molar-refractivity contribution in [1.29, 1.82) is 0 Å². The summed E-state index contributed by atoms with van der Waals surface area (Å²) in [7, 11) is 0. The van der Waals surface area contributed by atoms with Crippen LogP contribution >= 0.6 is 0 Å². The maximum atomic E-state index is 13.1. The first-order chi connectivity index (χ1) is 11.0. The van der Waals surface area contributed by atoms with Gasteiger partial charge in [-0.15, -0.1) is 0 Å². The molecule has 1 aromatic carbocycles. The zero-order valence-electron chi connectivity index (χ0n) is 14.3. The van der Waals surface area contributed by atoms with Gasteiger partial charge in [0.1, 0.15) is 11.9 Å².